The summed E-state index contributed by atoms with van der Waals surface area (Å²) in [5.74, 6) is -0.781. The number of nitrogens with zero attached hydrogens (tertiary/aromatic N) is 2. The van der Waals surface area contributed by atoms with Gasteiger partial charge in [0.25, 0.3) is 0 Å². The highest BCUT2D eigenvalue weighted by atomic mass is 16.4. The minimum absolute atomic E-state index is 0.0982. The highest BCUT2D eigenvalue weighted by molar-refractivity contribution is 5.69. The Morgan fingerprint density at radius 2 is 2.27 bits per heavy atom. The van der Waals surface area contributed by atoms with Crippen molar-refractivity contribution in [2.75, 3.05) is 19.6 Å². The zero-order chi connectivity index (χ0) is 11.3. The Balaban J connectivity index is 2.43. The van der Waals surface area contributed by atoms with E-state index in [4.69, 9.17) is 10.4 Å². The van der Waals surface area contributed by atoms with Crippen molar-refractivity contribution >= 4 is 5.97 Å². The third-order valence-electron chi connectivity index (χ3n) is 2.87. The second kappa shape index (κ2) is 5.13. The molecule has 15 heavy (non-hydrogen) atoms. The van der Waals surface area contributed by atoms with Gasteiger partial charge in [-0.15, -0.1) is 0 Å². The zero-order valence-corrected chi connectivity index (χ0v) is 9.20. The van der Waals surface area contributed by atoms with Gasteiger partial charge >= 0.3 is 5.97 Å². The maximum Gasteiger partial charge on any atom is 0.317 e. The fourth-order valence-electron chi connectivity index (χ4n) is 1.93. The summed E-state index contributed by atoms with van der Waals surface area (Å²) in [4.78, 5) is 12.6. The van der Waals surface area contributed by atoms with Gasteiger partial charge < -0.3 is 5.11 Å². The number of nitriles is 1. The monoisotopic (exact) mass is 210 g/mol. The lowest BCUT2D eigenvalue weighted by Gasteiger charge is -2.24. The van der Waals surface area contributed by atoms with E-state index in [1.165, 1.54) is 0 Å². The van der Waals surface area contributed by atoms with Crippen molar-refractivity contribution in [2.45, 2.75) is 32.6 Å². The number of hydrogen-bond acceptors (Lipinski definition) is 3. The van der Waals surface area contributed by atoms with E-state index in [0.29, 0.717) is 6.42 Å². The summed E-state index contributed by atoms with van der Waals surface area (Å²) in [6.45, 7) is 3.71. The van der Waals surface area contributed by atoms with Crippen molar-refractivity contribution < 1.29 is 9.90 Å². The van der Waals surface area contributed by atoms with Gasteiger partial charge in [0.1, 0.15) is 0 Å². The lowest BCUT2D eigenvalue weighted by Crippen LogP contribution is -2.35. The van der Waals surface area contributed by atoms with Crippen molar-refractivity contribution in [3.8, 4) is 6.07 Å². The van der Waals surface area contributed by atoms with Crippen LogP contribution in [0.2, 0.25) is 0 Å². The summed E-state index contributed by atoms with van der Waals surface area (Å²) >= 11 is 0. The molecule has 1 aliphatic rings. The smallest absolute Gasteiger partial charge is 0.317 e. The second-order valence-electron chi connectivity index (χ2n) is 4.44. The van der Waals surface area contributed by atoms with E-state index < -0.39 is 5.97 Å². The second-order valence-corrected chi connectivity index (χ2v) is 4.44. The maximum absolute atomic E-state index is 10.6. The molecule has 0 aromatic carbocycles. The van der Waals surface area contributed by atoms with E-state index in [1.54, 1.807) is 0 Å². The Morgan fingerprint density at radius 1 is 1.60 bits per heavy atom. The minimum Gasteiger partial charge on any atom is -0.480 e. The average Bonchev–Trinajstić information content (AvgIpc) is 2.84. The average molecular weight is 210 g/mol. The summed E-state index contributed by atoms with van der Waals surface area (Å²) < 4.78 is 0. The van der Waals surface area contributed by atoms with Crippen LogP contribution in [0.15, 0.2) is 0 Å². The van der Waals surface area contributed by atoms with Crippen LogP contribution in [0.25, 0.3) is 0 Å². The molecule has 0 bridgehead atoms. The third kappa shape index (κ3) is 3.88. The first-order valence-electron chi connectivity index (χ1n) is 5.43. The first kappa shape index (κ1) is 12.0. The molecule has 0 amide bonds. The molecule has 0 unspecified atom stereocenters. The molecule has 0 aromatic rings. The van der Waals surface area contributed by atoms with Gasteiger partial charge in [-0.1, -0.05) is 6.92 Å². The molecule has 1 N–H and O–H groups in total. The number of carbonyl (C=O) groups is 1. The van der Waals surface area contributed by atoms with Gasteiger partial charge in [0.15, 0.2) is 0 Å². The van der Waals surface area contributed by atoms with Crippen LogP contribution < -0.4 is 0 Å². The largest absolute Gasteiger partial charge is 0.480 e. The summed E-state index contributed by atoms with van der Waals surface area (Å²) in [7, 11) is 0. The standard InChI is InChI=1S/C11H18N2O2/c1-2-7-13(8-10(14)15)9-11(3-4-11)5-6-12/h2-5,7-9H2,1H3,(H,14,15). The first-order valence-corrected chi connectivity index (χ1v) is 5.43. The van der Waals surface area contributed by atoms with Crippen LogP contribution in [-0.4, -0.2) is 35.6 Å². The van der Waals surface area contributed by atoms with Gasteiger partial charge in [-0.2, -0.15) is 5.26 Å². The molecule has 1 fully saturated rings. The van der Waals surface area contributed by atoms with E-state index in [-0.39, 0.29) is 12.0 Å². The Hall–Kier alpha value is -1.08. The Bertz CT molecular complexity index is 266. The number of carboxylic acids is 1. The molecular weight excluding hydrogens is 192 g/mol. The summed E-state index contributed by atoms with van der Waals surface area (Å²) in [5, 5.41) is 17.4. The molecule has 0 saturated heterocycles. The molecule has 0 spiro atoms. The highest BCUT2D eigenvalue weighted by Gasteiger charge is 2.43. The molecule has 4 nitrogen and oxygen atoms in total. The van der Waals surface area contributed by atoms with Gasteiger partial charge in [0.05, 0.1) is 12.6 Å². The van der Waals surface area contributed by atoms with E-state index in [0.717, 1.165) is 32.4 Å². The highest BCUT2D eigenvalue weighted by Crippen LogP contribution is 2.49. The maximum atomic E-state index is 10.6. The predicted octanol–water partition coefficient (Wildman–Crippen LogP) is 1.48. The number of aliphatic carboxylic acids is 1. The first-order chi connectivity index (χ1) is 7.12. The lowest BCUT2D eigenvalue weighted by atomic mass is 10.0. The van der Waals surface area contributed by atoms with Crippen molar-refractivity contribution in [1.82, 2.24) is 4.90 Å². The van der Waals surface area contributed by atoms with Gasteiger partial charge in [-0.05, 0) is 31.2 Å². The van der Waals surface area contributed by atoms with Crippen molar-refractivity contribution in [2.24, 2.45) is 5.41 Å². The van der Waals surface area contributed by atoms with Crippen LogP contribution in [-0.2, 0) is 4.79 Å². The SMILES string of the molecule is CCCN(CC(=O)O)CC1(CC#N)CC1. The predicted molar refractivity (Wildman–Crippen MR) is 56.3 cm³/mol. The number of carboxylic acid groups (broad SMARTS) is 1. The van der Waals surface area contributed by atoms with E-state index in [9.17, 15) is 4.79 Å². The van der Waals surface area contributed by atoms with Crippen molar-refractivity contribution in [3.05, 3.63) is 0 Å². The molecule has 0 aliphatic heterocycles. The van der Waals surface area contributed by atoms with Gasteiger partial charge in [-0.25, -0.2) is 0 Å². The van der Waals surface area contributed by atoms with Gasteiger partial charge in [-0.3, -0.25) is 9.69 Å². The molecule has 1 aliphatic carbocycles. The molecule has 0 heterocycles. The van der Waals surface area contributed by atoms with Crippen molar-refractivity contribution in [3.63, 3.8) is 0 Å². The molecule has 0 radical (unpaired) electrons. The summed E-state index contributed by atoms with van der Waals surface area (Å²) in [5.41, 5.74) is 0.110. The topological polar surface area (TPSA) is 64.3 Å². The minimum atomic E-state index is -0.781. The van der Waals surface area contributed by atoms with E-state index in [1.807, 2.05) is 11.8 Å². The molecular formula is C11H18N2O2. The van der Waals surface area contributed by atoms with E-state index >= 15 is 0 Å². The fourth-order valence-corrected chi connectivity index (χ4v) is 1.93. The molecule has 0 aromatic heterocycles. The summed E-state index contributed by atoms with van der Waals surface area (Å²) in [6, 6.07) is 2.20. The molecule has 1 saturated carbocycles. The number of rotatable bonds is 7. The normalized spacial score (nSPS) is 17.4. The van der Waals surface area contributed by atoms with Crippen LogP contribution in [0.4, 0.5) is 0 Å². The van der Waals surface area contributed by atoms with Crippen molar-refractivity contribution in [1.29, 1.82) is 5.26 Å². The van der Waals surface area contributed by atoms with Crippen LogP contribution >= 0.6 is 0 Å². The third-order valence-corrected chi connectivity index (χ3v) is 2.87. The van der Waals surface area contributed by atoms with E-state index in [2.05, 4.69) is 6.07 Å². The Labute approximate surface area is 90.5 Å². The lowest BCUT2D eigenvalue weighted by molar-refractivity contribution is -0.138. The Kier molecular flexibility index (Phi) is 4.10. The molecule has 84 valence electrons. The van der Waals surface area contributed by atoms with Gasteiger partial charge in [0, 0.05) is 13.0 Å². The summed E-state index contributed by atoms with van der Waals surface area (Å²) in [6.07, 6.45) is 3.66. The van der Waals surface area contributed by atoms with Crippen LogP contribution in [0.5, 0.6) is 0 Å². The van der Waals surface area contributed by atoms with Gasteiger partial charge in [0.2, 0.25) is 0 Å². The number of hydrogen-bond donors (Lipinski definition) is 1. The van der Waals surface area contributed by atoms with Crippen LogP contribution in [0, 0.1) is 16.7 Å². The Morgan fingerprint density at radius 3 is 2.67 bits per heavy atom. The van der Waals surface area contributed by atoms with Crippen LogP contribution in [0.3, 0.4) is 0 Å². The fraction of sp³-hybridized carbons (Fsp3) is 0.818. The molecule has 4 heteroatoms. The molecule has 1 rings (SSSR count). The molecule has 0 atom stereocenters. The quantitative estimate of drug-likeness (QED) is 0.691. The zero-order valence-electron chi connectivity index (χ0n) is 9.20. The van der Waals surface area contributed by atoms with Crippen LogP contribution in [0.1, 0.15) is 32.6 Å².